The molecule has 0 bridgehead atoms. The first-order valence-electron chi connectivity index (χ1n) is 12.9. The first-order valence-corrected chi connectivity index (χ1v) is 13.7. The molecule has 2 aliphatic rings. The smallest absolute Gasteiger partial charge is 0.338 e. The highest BCUT2D eigenvalue weighted by Crippen LogP contribution is 2.37. The minimum absolute atomic E-state index is 0.0876. The van der Waals surface area contributed by atoms with Gasteiger partial charge in [0, 0.05) is 12.5 Å². The van der Waals surface area contributed by atoms with Crippen molar-refractivity contribution in [2.45, 2.75) is 26.8 Å². The fraction of sp³-hybridized carbons (Fsp3) is 0.241. The van der Waals surface area contributed by atoms with Crippen LogP contribution in [0.25, 0.3) is 5.57 Å². The number of nitrogens with two attached hydrogens (primary N) is 1. The molecular formula is C29H26N4O8S. The van der Waals surface area contributed by atoms with Crippen molar-refractivity contribution >= 4 is 46.4 Å². The molecule has 2 aromatic carbocycles. The van der Waals surface area contributed by atoms with Crippen molar-refractivity contribution in [2.24, 2.45) is 10.7 Å². The maximum Gasteiger partial charge on any atom is 0.338 e. The molecule has 0 saturated carbocycles. The minimum Gasteiger partial charge on any atom is -0.493 e. The lowest BCUT2D eigenvalue weighted by molar-refractivity contribution is -0.139. The highest BCUT2D eigenvalue weighted by molar-refractivity contribution is 7.07. The third kappa shape index (κ3) is 4.77. The number of methoxy groups -OCH3 is 1. The van der Waals surface area contributed by atoms with Gasteiger partial charge in [-0.05, 0) is 37.6 Å². The predicted octanol–water partition coefficient (Wildman–Crippen LogP) is 0.934. The number of benzene rings is 2. The number of nitrogens with zero attached hydrogens (tertiary/aromatic N) is 3. The van der Waals surface area contributed by atoms with E-state index in [4.69, 9.17) is 19.9 Å². The molecule has 0 radical (unpaired) electrons. The summed E-state index contributed by atoms with van der Waals surface area (Å²) in [5.74, 6) is -2.12. The van der Waals surface area contributed by atoms with E-state index in [0.29, 0.717) is 22.5 Å². The molecule has 0 aliphatic carbocycles. The number of carbonyl (C=O) groups excluding carboxylic acids is 4. The van der Waals surface area contributed by atoms with E-state index in [1.54, 1.807) is 50.2 Å². The van der Waals surface area contributed by atoms with Crippen LogP contribution in [0, 0.1) is 0 Å². The molecule has 5 rings (SSSR count). The van der Waals surface area contributed by atoms with Crippen LogP contribution in [0.1, 0.15) is 37.9 Å². The lowest BCUT2D eigenvalue weighted by Crippen LogP contribution is -2.41. The van der Waals surface area contributed by atoms with Gasteiger partial charge in [0.05, 0.1) is 42.3 Å². The van der Waals surface area contributed by atoms with Crippen LogP contribution in [-0.2, 0) is 23.9 Å². The number of amides is 2. The first kappa shape index (κ1) is 28.5. The number of primary amides is 1. The van der Waals surface area contributed by atoms with Gasteiger partial charge in [-0.3, -0.25) is 28.6 Å². The van der Waals surface area contributed by atoms with Gasteiger partial charge in [0.1, 0.15) is 11.1 Å². The second-order valence-corrected chi connectivity index (χ2v) is 10.4. The number of esters is 2. The number of allylic oxidation sites excluding steroid dienone is 1. The molecule has 12 nitrogen and oxygen atoms in total. The average molecular weight is 591 g/mol. The van der Waals surface area contributed by atoms with Gasteiger partial charge in [0.15, 0.2) is 16.3 Å². The molecule has 42 heavy (non-hydrogen) atoms. The van der Waals surface area contributed by atoms with Crippen LogP contribution in [0.5, 0.6) is 11.5 Å². The highest BCUT2D eigenvalue weighted by atomic mass is 32.1. The third-order valence-corrected chi connectivity index (χ3v) is 7.77. The molecule has 2 N–H and O–H groups in total. The molecule has 13 heteroatoms. The SMILES string of the molecule is CCOC(=O)C1=C(C)N=c2s/c(=C3\C(=O)N(CC(N)=O)c4ccccc43)c(=O)n2C1c1ccc(OC(C)=O)c(OC)c1. The fourth-order valence-electron chi connectivity index (χ4n) is 5.06. The van der Waals surface area contributed by atoms with Gasteiger partial charge in [0.25, 0.3) is 11.5 Å². The topological polar surface area (TPSA) is 160 Å². The normalized spacial score (nSPS) is 16.9. The summed E-state index contributed by atoms with van der Waals surface area (Å²) in [6.07, 6.45) is 0. The average Bonchev–Trinajstić information content (AvgIpc) is 3.40. The molecule has 0 spiro atoms. The summed E-state index contributed by atoms with van der Waals surface area (Å²) in [5, 5.41) is 0. The summed E-state index contributed by atoms with van der Waals surface area (Å²) in [6.45, 7) is 4.28. The summed E-state index contributed by atoms with van der Waals surface area (Å²) >= 11 is 0.994. The molecule has 3 aromatic rings. The summed E-state index contributed by atoms with van der Waals surface area (Å²) in [6, 6.07) is 10.5. The molecule has 3 heterocycles. The van der Waals surface area contributed by atoms with Crippen LogP contribution >= 0.6 is 11.3 Å². The van der Waals surface area contributed by atoms with Crippen molar-refractivity contribution in [1.82, 2.24) is 4.57 Å². The molecule has 2 aliphatic heterocycles. The summed E-state index contributed by atoms with van der Waals surface area (Å²) in [7, 11) is 1.40. The lowest BCUT2D eigenvalue weighted by atomic mass is 9.95. The van der Waals surface area contributed by atoms with Gasteiger partial charge in [-0.1, -0.05) is 35.6 Å². The molecule has 1 atom stereocenters. The molecular weight excluding hydrogens is 564 g/mol. The van der Waals surface area contributed by atoms with Gasteiger partial charge in [-0.25, -0.2) is 9.79 Å². The fourth-order valence-corrected chi connectivity index (χ4v) is 6.20. The van der Waals surface area contributed by atoms with Gasteiger partial charge in [0.2, 0.25) is 5.91 Å². The van der Waals surface area contributed by atoms with E-state index >= 15 is 0 Å². The molecule has 0 saturated heterocycles. The second kappa shape index (κ2) is 11.1. The number of rotatable bonds is 7. The largest absolute Gasteiger partial charge is 0.493 e. The summed E-state index contributed by atoms with van der Waals surface area (Å²) in [4.78, 5) is 70.5. The Bertz CT molecular complexity index is 1890. The van der Waals surface area contributed by atoms with Crippen LogP contribution in [0.3, 0.4) is 0 Å². The first-order chi connectivity index (χ1) is 20.1. The third-order valence-electron chi connectivity index (χ3n) is 6.71. The van der Waals surface area contributed by atoms with E-state index in [1.165, 1.54) is 29.6 Å². The Balaban J connectivity index is 1.79. The summed E-state index contributed by atoms with van der Waals surface area (Å²) < 4.78 is 17.4. The predicted molar refractivity (Wildman–Crippen MR) is 152 cm³/mol. The number of para-hydroxylation sites is 1. The van der Waals surface area contributed by atoms with E-state index < -0.39 is 35.4 Å². The monoisotopic (exact) mass is 590 g/mol. The molecule has 0 fully saturated rings. The zero-order chi connectivity index (χ0) is 30.3. The van der Waals surface area contributed by atoms with Crippen LogP contribution in [0.15, 0.2) is 63.5 Å². The van der Waals surface area contributed by atoms with E-state index in [2.05, 4.69) is 4.99 Å². The Labute approximate surface area is 242 Å². The van der Waals surface area contributed by atoms with Crippen molar-refractivity contribution < 1.29 is 33.4 Å². The van der Waals surface area contributed by atoms with Crippen LogP contribution in [0.4, 0.5) is 5.69 Å². The number of fused-ring (bicyclic) bond motifs is 2. The molecule has 1 unspecified atom stereocenters. The van der Waals surface area contributed by atoms with Crippen molar-refractivity contribution in [3.05, 3.63) is 84.5 Å². The minimum atomic E-state index is -1.01. The van der Waals surface area contributed by atoms with Crippen molar-refractivity contribution in [1.29, 1.82) is 0 Å². The quantitative estimate of drug-likeness (QED) is 0.314. The number of hydrogen-bond donors (Lipinski definition) is 1. The molecule has 2 amide bonds. The zero-order valence-electron chi connectivity index (χ0n) is 23.1. The van der Waals surface area contributed by atoms with E-state index in [1.807, 2.05) is 0 Å². The number of anilines is 1. The van der Waals surface area contributed by atoms with Gasteiger partial charge < -0.3 is 19.9 Å². The second-order valence-electron chi connectivity index (χ2n) is 9.38. The Morgan fingerprint density at radius 3 is 2.50 bits per heavy atom. The van der Waals surface area contributed by atoms with Gasteiger partial charge in [-0.15, -0.1) is 0 Å². The van der Waals surface area contributed by atoms with Crippen molar-refractivity contribution in [3.8, 4) is 11.5 Å². The van der Waals surface area contributed by atoms with Crippen LogP contribution in [-0.4, -0.2) is 48.6 Å². The summed E-state index contributed by atoms with van der Waals surface area (Å²) in [5.41, 5.74) is 6.76. The standard InChI is InChI=1S/C29H26N4O8S/c1-5-40-28(38)22-14(2)31-29-33(24(22)16-10-11-19(41-15(3)34)20(12-16)39-4)27(37)25(42-29)23-17-8-6-7-9-18(17)32(26(23)36)13-21(30)35/h6-12,24H,5,13H2,1-4H3,(H2,30,35)/b25-23-. The maximum absolute atomic E-state index is 14.2. The zero-order valence-corrected chi connectivity index (χ0v) is 23.9. The number of thiazole rings is 1. The Morgan fingerprint density at radius 2 is 1.83 bits per heavy atom. The van der Waals surface area contributed by atoms with E-state index in [-0.39, 0.29) is 45.1 Å². The maximum atomic E-state index is 14.2. The van der Waals surface area contributed by atoms with Gasteiger partial charge >= 0.3 is 11.9 Å². The number of hydrogen-bond acceptors (Lipinski definition) is 10. The van der Waals surface area contributed by atoms with Crippen LogP contribution in [0.2, 0.25) is 0 Å². The number of ether oxygens (including phenoxy) is 3. The van der Waals surface area contributed by atoms with E-state index in [9.17, 15) is 24.0 Å². The number of carbonyl (C=O) groups is 4. The number of aromatic nitrogens is 1. The van der Waals surface area contributed by atoms with Gasteiger partial charge in [-0.2, -0.15) is 0 Å². The lowest BCUT2D eigenvalue weighted by Gasteiger charge is -2.25. The Morgan fingerprint density at radius 1 is 1.10 bits per heavy atom. The van der Waals surface area contributed by atoms with Crippen molar-refractivity contribution in [2.75, 3.05) is 25.2 Å². The van der Waals surface area contributed by atoms with Crippen LogP contribution < -0.4 is 35.0 Å². The van der Waals surface area contributed by atoms with Crippen molar-refractivity contribution in [3.63, 3.8) is 0 Å². The van der Waals surface area contributed by atoms with E-state index in [0.717, 1.165) is 11.3 Å². The Kier molecular flexibility index (Phi) is 7.52. The highest BCUT2D eigenvalue weighted by Gasteiger charge is 2.38. The Hall–Kier alpha value is -5.04. The molecule has 1 aromatic heterocycles. The molecule has 216 valence electrons.